The maximum absolute atomic E-state index is 4.50. The molecule has 0 aliphatic heterocycles. The van der Waals surface area contributed by atoms with E-state index >= 15 is 0 Å². The molecule has 0 fully saturated rings. The predicted octanol–water partition coefficient (Wildman–Crippen LogP) is 2.13. The first kappa shape index (κ1) is 15.7. The highest BCUT2D eigenvalue weighted by Gasteiger charge is 1.42. The molecular weight excluding hydrogens is 110 g/mol. The largest absolute Gasteiger partial charge is 0.333 e. The molecule has 0 rings (SSSR count). The van der Waals surface area contributed by atoms with Crippen LogP contribution in [-0.2, 0) is 0 Å². The first-order chi connectivity index (χ1) is 4.41. The van der Waals surface area contributed by atoms with Crippen LogP contribution in [0.4, 0.5) is 0 Å². The molecule has 0 unspecified atom stereocenters. The third kappa shape index (κ3) is 138. The van der Waals surface area contributed by atoms with Crippen LogP contribution in [0.1, 0.15) is 6.92 Å². The fraction of sp³-hybridized carbons (Fsp3) is 0.250. The summed E-state index contributed by atoms with van der Waals surface area (Å²) < 4.78 is 0. The average molecular weight is 127 g/mol. The van der Waals surface area contributed by atoms with Gasteiger partial charge in [0.1, 0.15) is 0 Å². The fourth-order valence-corrected chi connectivity index (χ4v) is 0.136. The smallest absolute Gasteiger partial charge is 0.0195 e. The van der Waals surface area contributed by atoms with Crippen molar-refractivity contribution in [2.45, 2.75) is 6.92 Å². The van der Waals surface area contributed by atoms with Crippen molar-refractivity contribution in [2.24, 2.45) is 5.73 Å². The Morgan fingerprint density at radius 2 is 1.56 bits per heavy atom. The summed E-state index contributed by atoms with van der Waals surface area (Å²) in [4.78, 5) is 0. The quantitative estimate of drug-likeness (QED) is 0.424. The molecule has 1 heteroatoms. The molecule has 0 aliphatic rings. The minimum Gasteiger partial charge on any atom is -0.333 e. The van der Waals surface area contributed by atoms with E-state index in [9.17, 15) is 0 Å². The summed E-state index contributed by atoms with van der Waals surface area (Å²) in [5.41, 5.74) is 4.50. The molecule has 0 aromatic heterocycles. The zero-order valence-electron chi connectivity index (χ0n) is 6.43. The molecular formula is C8H17N. The maximum Gasteiger partial charge on any atom is -0.0195 e. The molecule has 2 N–H and O–H groups in total. The summed E-state index contributed by atoms with van der Waals surface area (Å²) in [6.07, 6.45) is 5.58. The highest BCUT2D eigenvalue weighted by atomic mass is 14.4. The van der Waals surface area contributed by atoms with Crippen molar-refractivity contribution in [3.05, 3.63) is 38.0 Å². The van der Waals surface area contributed by atoms with Gasteiger partial charge < -0.3 is 5.73 Å². The Hall–Kier alpha value is -0.820. The highest BCUT2D eigenvalue weighted by molar-refractivity contribution is 4.94. The summed E-state index contributed by atoms with van der Waals surface area (Å²) >= 11 is 0. The monoisotopic (exact) mass is 127 g/mol. The topological polar surface area (TPSA) is 26.0 Å². The van der Waals surface area contributed by atoms with Crippen LogP contribution >= 0.6 is 0 Å². The molecule has 0 aliphatic carbocycles. The Morgan fingerprint density at radius 3 is 1.56 bits per heavy atom. The zero-order chi connectivity index (χ0) is 8.12. The van der Waals surface area contributed by atoms with Gasteiger partial charge in [-0.15, -0.1) is 13.2 Å². The van der Waals surface area contributed by atoms with Gasteiger partial charge in [0.2, 0.25) is 0 Å². The van der Waals surface area contributed by atoms with Gasteiger partial charge in [0.25, 0.3) is 0 Å². The van der Waals surface area contributed by atoms with Crippen molar-refractivity contribution in [3.8, 4) is 0 Å². The van der Waals surface area contributed by atoms with Crippen LogP contribution < -0.4 is 5.73 Å². The average Bonchev–Trinajstić information content (AvgIpc) is 1.98. The van der Waals surface area contributed by atoms with Gasteiger partial charge in [-0.1, -0.05) is 24.8 Å². The van der Waals surface area contributed by atoms with E-state index in [4.69, 9.17) is 0 Å². The Bertz CT molecular complexity index is 55.6. The van der Waals surface area contributed by atoms with E-state index in [0.29, 0.717) is 0 Å². The SMILES string of the molecule is C=C.C=C/C=C\C.CN. The van der Waals surface area contributed by atoms with Gasteiger partial charge in [-0.3, -0.25) is 0 Å². The number of rotatable bonds is 1. The zero-order valence-corrected chi connectivity index (χ0v) is 6.43. The molecule has 0 spiro atoms. The Kier molecular flexibility index (Phi) is 101. The second-order valence-corrected chi connectivity index (χ2v) is 0.761. The maximum atomic E-state index is 4.50. The van der Waals surface area contributed by atoms with Crippen LogP contribution in [0.5, 0.6) is 0 Å². The van der Waals surface area contributed by atoms with Crippen molar-refractivity contribution in [3.63, 3.8) is 0 Å². The summed E-state index contributed by atoms with van der Waals surface area (Å²) in [5, 5.41) is 0. The molecule has 9 heavy (non-hydrogen) atoms. The van der Waals surface area contributed by atoms with Crippen LogP contribution in [0.2, 0.25) is 0 Å². The number of hydrogen-bond donors (Lipinski definition) is 1. The van der Waals surface area contributed by atoms with E-state index in [-0.39, 0.29) is 0 Å². The van der Waals surface area contributed by atoms with Gasteiger partial charge in [0, 0.05) is 0 Å². The highest BCUT2D eigenvalue weighted by Crippen LogP contribution is 1.64. The van der Waals surface area contributed by atoms with Gasteiger partial charge in [-0.25, -0.2) is 0 Å². The molecule has 0 bridgehead atoms. The molecule has 0 aromatic rings. The van der Waals surface area contributed by atoms with Gasteiger partial charge in [0.05, 0.1) is 0 Å². The van der Waals surface area contributed by atoms with Gasteiger partial charge in [0.15, 0.2) is 0 Å². The normalized spacial score (nSPS) is 6.11. The second-order valence-electron chi connectivity index (χ2n) is 0.761. The van der Waals surface area contributed by atoms with Gasteiger partial charge >= 0.3 is 0 Å². The van der Waals surface area contributed by atoms with Gasteiger partial charge in [-0.2, -0.15) is 0 Å². The van der Waals surface area contributed by atoms with E-state index in [1.165, 1.54) is 7.05 Å². The van der Waals surface area contributed by atoms with Crippen molar-refractivity contribution in [2.75, 3.05) is 7.05 Å². The van der Waals surface area contributed by atoms with Crippen LogP contribution in [-0.4, -0.2) is 7.05 Å². The number of hydrogen-bond acceptors (Lipinski definition) is 1. The minimum absolute atomic E-state index is 1.50. The van der Waals surface area contributed by atoms with Crippen LogP contribution in [0, 0.1) is 0 Å². The van der Waals surface area contributed by atoms with Crippen LogP contribution in [0.15, 0.2) is 38.0 Å². The Balaban J connectivity index is -0.0000000771. The van der Waals surface area contributed by atoms with E-state index in [0.717, 1.165) is 0 Å². The number of nitrogens with two attached hydrogens (primary N) is 1. The van der Waals surface area contributed by atoms with Crippen LogP contribution in [0.3, 0.4) is 0 Å². The van der Waals surface area contributed by atoms with Crippen molar-refractivity contribution >= 4 is 0 Å². The number of allylic oxidation sites excluding steroid dienone is 3. The van der Waals surface area contributed by atoms with Crippen molar-refractivity contribution < 1.29 is 0 Å². The summed E-state index contributed by atoms with van der Waals surface area (Å²) in [6.45, 7) is 11.4. The van der Waals surface area contributed by atoms with E-state index in [2.05, 4.69) is 25.5 Å². The predicted molar refractivity (Wildman–Crippen MR) is 46.4 cm³/mol. The molecule has 0 amide bonds. The third-order valence-electron chi connectivity index (χ3n) is 0.329. The van der Waals surface area contributed by atoms with Gasteiger partial charge in [-0.05, 0) is 14.0 Å². The lowest BCUT2D eigenvalue weighted by molar-refractivity contribution is 1.48. The molecule has 0 saturated carbocycles. The Labute approximate surface area is 58.6 Å². The van der Waals surface area contributed by atoms with Crippen molar-refractivity contribution in [1.29, 1.82) is 0 Å². The first-order valence-corrected chi connectivity index (χ1v) is 2.73. The minimum atomic E-state index is 1.50. The summed E-state index contributed by atoms with van der Waals surface area (Å²) in [7, 11) is 1.50. The molecule has 0 saturated heterocycles. The standard InChI is InChI=1S/C5H8.C2H4.CH5N/c1-3-5-4-2;2*1-2/h3-5H,1H2,2H3;1-2H2;2H2,1H3/b5-4-;;. The summed E-state index contributed by atoms with van der Waals surface area (Å²) in [5.74, 6) is 0. The molecule has 0 aromatic carbocycles. The second kappa shape index (κ2) is 57.7. The first-order valence-electron chi connectivity index (χ1n) is 2.73. The molecule has 0 atom stereocenters. The van der Waals surface area contributed by atoms with E-state index in [1.54, 1.807) is 6.08 Å². The fourth-order valence-electron chi connectivity index (χ4n) is 0.136. The van der Waals surface area contributed by atoms with Crippen molar-refractivity contribution in [1.82, 2.24) is 0 Å². The lowest BCUT2D eigenvalue weighted by Crippen LogP contribution is -1.69. The molecule has 1 nitrogen and oxygen atoms in total. The molecule has 54 valence electrons. The van der Waals surface area contributed by atoms with E-state index < -0.39 is 0 Å². The summed E-state index contributed by atoms with van der Waals surface area (Å²) in [6, 6.07) is 0. The lowest BCUT2D eigenvalue weighted by Gasteiger charge is -1.56. The lowest BCUT2D eigenvalue weighted by atomic mass is 10.5. The molecule has 0 heterocycles. The van der Waals surface area contributed by atoms with E-state index in [1.807, 2.05) is 19.1 Å². The van der Waals surface area contributed by atoms with Crippen LogP contribution in [0.25, 0.3) is 0 Å². The third-order valence-corrected chi connectivity index (χ3v) is 0.329. The Morgan fingerprint density at radius 1 is 1.22 bits per heavy atom. The molecule has 0 radical (unpaired) electrons.